The SMILES string of the molecule is CCc1ccc(C=CC(=O)NC2CCCCC2O)cc1. The first-order valence-corrected chi connectivity index (χ1v) is 7.44. The zero-order chi connectivity index (χ0) is 14.4. The number of carbonyl (C=O) groups excluding carboxylic acids is 1. The molecular weight excluding hydrogens is 250 g/mol. The summed E-state index contributed by atoms with van der Waals surface area (Å²) in [6.07, 6.45) is 7.75. The molecule has 0 aromatic heterocycles. The maximum absolute atomic E-state index is 11.8. The highest BCUT2D eigenvalue weighted by Gasteiger charge is 2.23. The number of amides is 1. The highest BCUT2D eigenvalue weighted by Crippen LogP contribution is 2.18. The first-order valence-electron chi connectivity index (χ1n) is 7.44. The number of rotatable bonds is 4. The molecule has 0 bridgehead atoms. The number of aliphatic hydroxyl groups is 1. The number of aliphatic hydroxyl groups excluding tert-OH is 1. The molecule has 0 heterocycles. The molecular formula is C17H23NO2. The fourth-order valence-electron chi connectivity index (χ4n) is 2.55. The van der Waals surface area contributed by atoms with Crippen LogP contribution in [0.5, 0.6) is 0 Å². The van der Waals surface area contributed by atoms with Gasteiger partial charge < -0.3 is 10.4 Å². The van der Waals surface area contributed by atoms with Gasteiger partial charge in [-0.05, 0) is 36.5 Å². The van der Waals surface area contributed by atoms with Crippen molar-refractivity contribution in [2.75, 3.05) is 0 Å². The average Bonchev–Trinajstić information content (AvgIpc) is 2.48. The predicted molar refractivity (Wildman–Crippen MR) is 81.3 cm³/mol. The van der Waals surface area contributed by atoms with Gasteiger partial charge in [-0.1, -0.05) is 44.0 Å². The second-order valence-corrected chi connectivity index (χ2v) is 5.40. The Hall–Kier alpha value is -1.61. The Morgan fingerprint density at radius 3 is 2.65 bits per heavy atom. The maximum atomic E-state index is 11.8. The van der Waals surface area contributed by atoms with Crippen LogP contribution in [0.15, 0.2) is 30.3 Å². The molecule has 1 amide bonds. The van der Waals surface area contributed by atoms with E-state index < -0.39 is 6.10 Å². The summed E-state index contributed by atoms with van der Waals surface area (Å²) in [5, 5.41) is 12.7. The van der Waals surface area contributed by atoms with Gasteiger partial charge >= 0.3 is 0 Å². The summed E-state index contributed by atoms with van der Waals surface area (Å²) in [7, 11) is 0. The number of hydrogen-bond acceptors (Lipinski definition) is 2. The minimum atomic E-state index is -0.398. The van der Waals surface area contributed by atoms with E-state index in [0.29, 0.717) is 0 Å². The third-order valence-corrected chi connectivity index (χ3v) is 3.87. The van der Waals surface area contributed by atoms with Crippen molar-refractivity contribution in [3.05, 3.63) is 41.5 Å². The van der Waals surface area contributed by atoms with E-state index in [0.717, 1.165) is 37.7 Å². The van der Waals surface area contributed by atoms with Crippen molar-refractivity contribution in [2.45, 2.75) is 51.2 Å². The van der Waals surface area contributed by atoms with Crippen molar-refractivity contribution in [1.82, 2.24) is 5.32 Å². The van der Waals surface area contributed by atoms with Gasteiger partial charge in [0.25, 0.3) is 0 Å². The third-order valence-electron chi connectivity index (χ3n) is 3.87. The van der Waals surface area contributed by atoms with Crippen LogP contribution in [0.1, 0.15) is 43.7 Å². The molecule has 3 nitrogen and oxygen atoms in total. The van der Waals surface area contributed by atoms with E-state index in [1.165, 1.54) is 5.56 Å². The quantitative estimate of drug-likeness (QED) is 0.829. The van der Waals surface area contributed by atoms with Gasteiger partial charge in [-0.25, -0.2) is 0 Å². The van der Waals surface area contributed by atoms with Crippen molar-refractivity contribution < 1.29 is 9.90 Å². The highest BCUT2D eigenvalue weighted by atomic mass is 16.3. The molecule has 0 aliphatic heterocycles. The van der Waals surface area contributed by atoms with Crippen LogP contribution in [0.4, 0.5) is 0 Å². The summed E-state index contributed by atoms with van der Waals surface area (Å²) in [6.45, 7) is 2.12. The molecule has 0 spiro atoms. The number of nitrogens with one attached hydrogen (secondary N) is 1. The Morgan fingerprint density at radius 1 is 1.30 bits per heavy atom. The van der Waals surface area contributed by atoms with E-state index in [9.17, 15) is 9.90 Å². The summed E-state index contributed by atoms with van der Waals surface area (Å²) in [6, 6.07) is 8.07. The van der Waals surface area contributed by atoms with E-state index in [4.69, 9.17) is 0 Å². The van der Waals surface area contributed by atoms with E-state index in [-0.39, 0.29) is 11.9 Å². The minimum Gasteiger partial charge on any atom is -0.391 e. The van der Waals surface area contributed by atoms with Crippen molar-refractivity contribution >= 4 is 12.0 Å². The van der Waals surface area contributed by atoms with Gasteiger partial charge in [0, 0.05) is 6.08 Å². The molecule has 1 aliphatic carbocycles. The molecule has 0 saturated heterocycles. The fraction of sp³-hybridized carbons (Fsp3) is 0.471. The van der Waals surface area contributed by atoms with E-state index in [2.05, 4.69) is 24.4 Å². The van der Waals surface area contributed by atoms with E-state index in [1.807, 2.05) is 18.2 Å². The van der Waals surface area contributed by atoms with Crippen LogP contribution in [0, 0.1) is 0 Å². The molecule has 108 valence electrons. The van der Waals surface area contributed by atoms with Crippen LogP contribution in [0.2, 0.25) is 0 Å². The molecule has 2 N–H and O–H groups in total. The summed E-state index contributed by atoms with van der Waals surface area (Å²) >= 11 is 0. The monoisotopic (exact) mass is 273 g/mol. The standard InChI is InChI=1S/C17H23NO2/c1-2-13-7-9-14(10-8-13)11-12-17(20)18-15-5-3-4-6-16(15)19/h7-12,15-16,19H,2-6H2,1H3,(H,18,20). The smallest absolute Gasteiger partial charge is 0.244 e. The lowest BCUT2D eigenvalue weighted by Gasteiger charge is -2.27. The third kappa shape index (κ3) is 4.20. The summed E-state index contributed by atoms with van der Waals surface area (Å²) < 4.78 is 0. The zero-order valence-corrected chi connectivity index (χ0v) is 12.0. The second-order valence-electron chi connectivity index (χ2n) is 5.40. The summed E-state index contributed by atoms with van der Waals surface area (Å²) in [5.74, 6) is -0.129. The zero-order valence-electron chi connectivity index (χ0n) is 12.0. The normalized spacial score (nSPS) is 22.9. The number of benzene rings is 1. The number of aryl methyl sites for hydroxylation is 1. The van der Waals surface area contributed by atoms with Gasteiger partial charge in [0.15, 0.2) is 0 Å². The van der Waals surface area contributed by atoms with E-state index >= 15 is 0 Å². The average molecular weight is 273 g/mol. The van der Waals surface area contributed by atoms with Gasteiger partial charge in [0.2, 0.25) is 5.91 Å². The molecule has 0 radical (unpaired) electrons. The fourth-order valence-corrected chi connectivity index (χ4v) is 2.55. The van der Waals surface area contributed by atoms with Gasteiger partial charge in [-0.3, -0.25) is 4.79 Å². The molecule has 1 saturated carbocycles. The van der Waals surface area contributed by atoms with Crippen LogP contribution in [-0.2, 0) is 11.2 Å². The Labute approximate surface area is 120 Å². The Kier molecular flexibility index (Phi) is 5.36. The molecule has 1 aliphatic rings. The Balaban J connectivity index is 1.87. The van der Waals surface area contributed by atoms with Crippen molar-refractivity contribution in [2.24, 2.45) is 0 Å². The Bertz CT molecular complexity index is 464. The number of carbonyl (C=O) groups is 1. The topological polar surface area (TPSA) is 49.3 Å². The number of hydrogen-bond donors (Lipinski definition) is 2. The summed E-state index contributed by atoms with van der Waals surface area (Å²) in [4.78, 5) is 11.8. The molecule has 1 aromatic rings. The molecule has 2 atom stereocenters. The van der Waals surface area contributed by atoms with Crippen LogP contribution in [-0.4, -0.2) is 23.2 Å². The lowest BCUT2D eigenvalue weighted by Crippen LogP contribution is -2.44. The Morgan fingerprint density at radius 2 is 2.00 bits per heavy atom. The van der Waals surface area contributed by atoms with Gasteiger partial charge in [-0.2, -0.15) is 0 Å². The highest BCUT2D eigenvalue weighted by molar-refractivity contribution is 5.91. The molecule has 3 heteroatoms. The van der Waals surface area contributed by atoms with Gasteiger partial charge in [0.05, 0.1) is 12.1 Å². The van der Waals surface area contributed by atoms with Crippen molar-refractivity contribution in [3.63, 3.8) is 0 Å². The van der Waals surface area contributed by atoms with Gasteiger partial charge in [0.1, 0.15) is 0 Å². The van der Waals surface area contributed by atoms with Crippen LogP contribution in [0.3, 0.4) is 0 Å². The largest absolute Gasteiger partial charge is 0.391 e. The lowest BCUT2D eigenvalue weighted by molar-refractivity contribution is -0.118. The predicted octanol–water partition coefficient (Wildman–Crippen LogP) is 2.68. The van der Waals surface area contributed by atoms with Crippen molar-refractivity contribution in [3.8, 4) is 0 Å². The molecule has 2 unspecified atom stereocenters. The van der Waals surface area contributed by atoms with E-state index in [1.54, 1.807) is 6.08 Å². The maximum Gasteiger partial charge on any atom is 0.244 e. The first-order chi connectivity index (χ1) is 9.69. The molecule has 2 rings (SSSR count). The van der Waals surface area contributed by atoms with Crippen LogP contribution in [0.25, 0.3) is 6.08 Å². The molecule has 1 aromatic carbocycles. The lowest BCUT2D eigenvalue weighted by atomic mass is 9.92. The van der Waals surface area contributed by atoms with Gasteiger partial charge in [-0.15, -0.1) is 0 Å². The second kappa shape index (κ2) is 7.25. The van der Waals surface area contributed by atoms with Crippen LogP contribution < -0.4 is 5.32 Å². The summed E-state index contributed by atoms with van der Waals surface area (Å²) in [5.41, 5.74) is 2.30. The van der Waals surface area contributed by atoms with Crippen molar-refractivity contribution in [1.29, 1.82) is 0 Å². The molecule has 20 heavy (non-hydrogen) atoms. The first kappa shape index (κ1) is 14.8. The minimum absolute atomic E-state index is 0.0941. The molecule has 1 fully saturated rings. The van der Waals surface area contributed by atoms with Crippen LogP contribution >= 0.6 is 0 Å².